The average molecular weight is 357 g/mol. The van der Waals surface area contributed by atoms with Gasteiger partial charge in [-0.1, -0.05) is 33.6 Å². The van der Waals surface area contributed by atoms with Crippen molar-refractivity contribution in [1.82, 2.24) is 10.6 Å². The molecule has 1 heterocycles. The topological polar surface area (TPSA) is 134 Å². The summed E-state index contributed by atoms with van der Waals surface area (Å²) in [5.41, 5.74) is 4.90. The molecule has 1 saturated heterocycles. The fraction of sp³-hybridized carbons (Fsp3) is 0.824. The number of aliphatic hydroxyl groups excluding tert-OH is 1. The maximum atomic E-state index is 12.5. The van der Waals surface area contributed by atoms with Crippen LogP contribution >= 0.6 is 0 Å². The first-order valence-electron chi connectivity index (χ1n) is 8.81. The number of aliphatic hydroxyl groups is 1. The Bertz CT molecular complexity index is 491. The van der Waals surface area contributed by atoms with Gasteiger partial charge in [-0.05, 0) is 19.3 Å². The molecule has 0 radical (unpaired) electrons. The molecule has 8 nitrogen and oxygen atoms in total. The first-order chi connectivity index (χ1) is 11.7. The smallest absolute Gasteiger partial charge is 0.245 e. The van der Waals surface area contributed by atoms with Crippen LogP contribution in [0.2, 0.25) is 0 Å². The molecular weight excluding hydrogens is 326 g/mol. The number of amides is 2. The van der Waals surface area contributed by atoms with E-state index < -0.39 is 42.1 Å². The van der Waals surface area contributed by atoms with E-state index in [-0.39, 0.29) is 11.7 Å². The van der Waals surface area contributed by atoms with Crippen LogP contribution in [0.5, 0.6) is 0 Å². The Morgan fingerprint density at radius 2 is 1.76 bits per heavy atom. The van der Waals surface area contributed by atoms with Crippen LogP contribution in [0, 0.1) is 5.92 Å². The highest BCUT2D eigenvalue weighted by molar-refractivity contribution is 5.98. The Balaban J connectivity index is 2.72. The first kappa shape index (κ1) is 21.5. The highest BCUT2D eigenvalue weighted by Gasteiger charge is 2.50. The number of epoxide rings is 1. The van der Waals surface area contributed by atoms with Gasteiger partial charge in [-0.2, -0.15) is 0 Å². The minimum Gasteiger partial charge on any atom is -0.394 e. The lowest BCUT2D eigenvalue weighted by atomic mass is 9.96. The van der Waals surface area contributed by atoms with Crippen molar-refractivity contribution in [1.29, 1.82) is 0 Å². The fourth-order valence-electron chi connectivity index (χ4n) is 2.33. The summed E-state index contributed by atoms with van der Waals surface area (Å²) in [5, 5.41) is 14.5. The lowest BCUT2D eigenvalue weighted by Crippen LogP contribution is -2.57. The summed E-state index contributed by atoms with van der Waals surface area (Å²) in [7, 11) is 0. The van der Waals surface area contributed by atoms with E-state index in [4.69, 9.17) is 10.5 Å². The number of hydrogen-bond donors (Lipinski definition) is 4. The molecular formula is C17H31N3O5. The zero-order valence-corrected chi connectivity index (χ0v) is 15.5. The van der Waals surface area contributed by atoms with Crippen molar-refractivity contribution in [3.63, 3.8) is 0 Å². The van der Waals surface area contributed by atoms with Gasteiger partial charge < -0.3 is 26.2 Å². The van der Waals surface area contributed by atoms with Gasteiger partial charge >= 0.3 is 0 Å². The van der Waals surface area contributed by atoms with Crippen LogP contribution in [-0.4, -0.2) is 59.6 Å². The number of nitrogens with one attached hydrogen (secondary N) is 2. The summed E-state index contributed by atoms with van der Waals surface area (Å²) in [4.78, 5) is 36.9. The Morgan fingerprint density at radius 3 is 2.20 bits per heavy atom. The van der Waals surface area contributed by atoms with E-state index >= 15 is 0 Å². The third kappa shape index (κ3) is 6.05. The molecule has 5 N–H and O–H groups in total. The molecule has 0 bridgehead atoms. The Hall–Kier alpha value is -1.51. The van der Waals surface area contributed by atoms with Crippen molar-refractivity contribution in [2.24, 2.45) is 11.7 Å². The molecule has 2 amide bonds. The van der Waals surface area contributed by atoms with Crippen LogP contribution in [0.15, 0.2) is 0 Å². The van der Waals surface area contributed by atoms with E-state index in [1.807, 2.05) is 6.92 Å². The number of nitrogens with two attached hydrogens (primary N) is 1. The van der Waals surface area contributed by atoms with Crippen molar-refractivity contribution < 1.29 is 24.2 Å². The molecule has 8 heteroatoms. The van der Waals surface area contributed by atoms with Crippen molar-refractivity contribution in [2.45, 2.75) is 70.7 Å². The van der Waals surface area contributed by atoms with E-state index in [2.05, 4.69) is 10.6 Å². The zero-order chi connectivity index (χ0) is 19.2. The van der Waals surface area contributed by atoms with Crippen molar-refractivity contribution >= 4 is 17.6 Å². The molecule has 0 unspecified atom stereocenters. The monoisotopic (exact) mass is 357 g/mol. The van der Waals surface area contributed by atoms with Crippen molar-refractivity contribution in [3.8, 4) is 0 Å². The third-order valence-electron chi connectivity index (χ3n) is 4.41. The van der Waals surface area contributed by atoms with Gasteiger partial charge in [0.05, 0.1) is 25.3 Å². The number of ketones is 1. The summed E-state index contributed by atoms with van der Waals surface area (Å²) in [6, 6.07) is -2.63. The molecule has 0 aromatic rings. The van der Waals surface area contributed by atoms with E-state index in [0.717, 1.165) is 12.8 Å². The maximum Gasteiger partial charge on any atom is 0.245 e. The molecule has 0 saturated carbocycles. The summed E-state index contributed by atoms with van der Waals surface area (Å²) >= 11 is 0. The second kappa shape index (κ2) is 9.26. The normalized spacial score (nSPS) is 22.8. The number of carbonyl (C=O) groups is 3. The van der Waals surface area contributed by atoms with Gasteiger partial charge in [-0.3, -0.25) is 14.4 Å². The lowest BCUT2D eigenvalue weighted by Gasteiger charge is -2.24. The number of unbranched alkanes of at least 4 members (excludes halogenated alkanes) is 1. The van der Waals surface area contributed by atoms with Crippen LogP contribution < -0.4 is 16.4 Å². The minimum absolute atomic E-state index is 0.103. The number of rotatable bonds is 11. The minimum atomic E-state index is -1.15. The molecule has 1 aliphatic heterocycles. The maximum absolute atomic E-state index is 12.5. The van der Waals surface area contributed by atoms with Crippen molar-refractivity contribution in [3.05, 3.63) is 0 Å². The van der Waals surface area contributed by atoms with Gasteiger partial charge in [0.25, 0.3) is 0 Å². The number of carbonyl (C=O) groups excluding carboxylic acids is 3. The predicted octanol–water partition coefficient (Wildman–Crippen LogP) is -0.520. The molecule has 0 spiro atoms. The van der Waals surface area contributed by atoms with Crippen molar-refractivity contribution in [2.75, 3.05) is 13.2 Å². The Morgan fingerprint density at radius 1 is 1.20 bits per heavy atom. The summed E-state index contributed by atoms with van der Waals surface area (Å²) < 4.78 is 5.17. The quantitative estimate of drug-likeness (QED) is 0.368. The Labute approximate surface area is 148 Å². The third-order valence-corrected chi connectivity index (χ3v) is 4.41. The van der Waals surface area contributed by atoms with Gasteiger partial charge in [0, 0.05) is 0 Å². The SMILES string of the molecule is CCCC[C@H](NC(=O)[C@H](CO)NC(=O)[C@@H](N)C(C)C)C(=O)[C@@]1(C)CO1. The van der Waals surface area contributed by atoms with E-state index in [9.17, 15) is 19.5 Å². The van der Waals surface area contributed by atoms with E-state index in [0.29, 0.717) is 13.0 Å². The molecule has 1 rings (SSSR count). The molecule has 1 aliphatic rings. The number of Topliss-reactive ketones (excluding diaryl/α,β-unsaturated/α-hetero) is 1. The van der Waals surface area contributed by atoms with Crippen LogP contribution in [0.4, 0.5) is 0 Å². The molecule has 0 aromatic heterocycles. The van der Waals surface area contributed by atoms with Crippen LogP contribution in [-0.2, 0) is 19.1 Å². The average Bonchev–Trinajstić information content (AvgIpc) is 3.33. The second-order valence-electron chi connectivity index (χ2n) is 7.10. The molecule has 1 fully saturated rings. The standard InChI is InChI=1S/C17H31N3O5/c1-5-6-7-11(14(22)17(4)9-25-17)19-15(23)12(8-21)20-16(24)13(18)10(2)3/h10-13,21H,5-9,18H2,1-4H3,(H,19,23)(H,20,24)/t11-,12-,13-,17+/m0/s1. The molecule has 144 valence electrons. The van der Waals surface area contributed by atoms with Crippen LogP contribution in [0.1, 0.15) is 47.0 Å². The van der Waals surface area contributed by atoms with Gasteiger partial charge in [-0.15, -0.1) is 0 Å². The summed E-state index contributed by atoms with van der Waals surface area (Å²) in [6.07, 6.45) is 2.12. The molecule has 25 heavy (non-hydrogen) atoms. The number of ether oxygens (including phenoxy) is 1. The van der Waals surface area contributed by atoms with Crippen LogP contribution in [0.3, 0.4) is 0 Å². The van der Waals surface area contributed by atoms with E-state index in [1.165, 1.54) is 0 Å². The van der Waals surface area contributed by atoms with Gasteiger partial charge in [-0.25, -0.2) is 0 Å². The molecule has 0 aliphatic carbocycles. The number of hydrogen-bond acceptors (Lipinski definition) is 6. The highest BCUT2D eigenvalue weighted by Crippen LogP contribution is 2.29. The first-order valence-corrected chi connectivity index (χ1v) is 8.81. The predicted molar refractivity (Wildman–Crippen MR) is 92.6 cm³/mol. The lowest BCUT2D eigenvalue weighted by molar-refractivity contribution is -0.134. The largest absolute Gasteiger partial charge is 0.394 e. The van der Waals surface area contributed by atoms with Gasteiger partial charge in [0.15, 0.2) is 5.78 Å². The second-order valence-corrected chi connectivity index (χ2v) is 7.10. The summed E-state index contributed by atoms with van der Waals surface area (Å²) in [5.74, 6) is -1.41. The summed E-state index contributed by atoms with van der Waals surface area (Å²) in [6.45, 7) is 7.01. The molecule has 4 atom stereocenters. The van der Waals surface area contributed by atoms with Gasteiger partial charge in [0.2, 0.25) is 11.8 Å². The molecule has 0 aromatic carbocycles. The van der Waals surface area contributed by atoms with Crippen LogP contribution in [0.25, 0.3) is 0 Å². The fourth-order valence-corrected chi connectivity index (χ4v) is 2.33. The van der Waals surface area contributed by atoms with Gasteiger partial charge in [0.1, 0.15) is 11.6 Å². The van der Waals surface area contributed by atoms with E-state index in [1.54, 1.807) is 20.8 Å². The highest BCUT2D eigenvalue weighted by atomic mass is 16.6. The zero-order valence-electron chi connectivity index (χ0n) is 15.5. The Kier molecular flexibility index (Phi) is 7.98.